The van der Waals surface area contributed by atoms with Gasteiger partial charge < -0.3 is 10.1 Å². The van der Waals surface area contributed by atoms with E-state index in [1.54, 1.807) is 19.5 Å². The Labute approximate surface area is 120 Å². The SMILES string of the molecule is CCNC(c1ccnnc1)c1ccc(C)c(C)c1OC. The number of hydrogen-bond donors (Lipinski definition) is 1. The van der Waals surface area contributed by atoms with Crippen LogP contribution < -0.4 is 10.1 Å². The first-order valence-electron chi connectivity index (χ1n) is 6.83. The summed E-state index contributed by atoms with van der Waals surface area (Å²) in [5.41, 5.74) is 4.62. The maximum absolute atomic E-state index is 5.63. The fourth-order valence-corrected chi connectivity index (χ4v) is 2.39. The normalized spacial score (nSPS) is 12.2. The summed E-state index contributed by atoms with van der Waals surface area (Å²) in [7, 11) is 1.72. The Morgan fingerprint density at radius 1 is 1.20 bits per heavy atom. The van der Waals surface area contributed by atoms with Gasteiger partial charge in [-0.1, -0.05) is 19.1 Å². The third-order valence-corrected chi connectivity index (χ3v) is 3.57. The quantitative estimate of drug-likeness (QED) is 0.908. The molecule has 20 heavy (non-hydrogen) atoms. The van der Waals surface area contributed by atoms with Gasteiger partial charge in [-0.3, -0.25) is 0 Å². The van der Waals surface area contributed by atoms with Crippen molar-refractivity contribution in [3.8, 4) is 5.75 Å². The molecule has 0 bridgehead atoms. The Morgan fingerprint density at radius 3 is 2.60 bits per heavy atom. The van der Waals surface area contributed by atoms with Gasteiger partial charge in [-0.05, 0) is 43.1 Å². The first-order chi connectivity index (χ1) is 9.69. The van der Waals surface area contributed by atoms with Crippen LogP contribution in [0.15, 0.2) is 30.6 Å². The van der Waals surface area contributed by atoms with Gasteiger partial charge in [-0.15, -0.1) is 0 Å². The molecule has 0 radical (unpaired) electrons. The van der Waals surface area contributed by atoms with Crippen LogP contribution in [0.2, 0.25) is 0 Å². The van der Waals surface area contributed by atoms with Crippen molar-refractivity contribution in [2.75, 3.05) is 13.7 Å². The molecule has 0 fully saturated rings. The highest BCUT2D eigenvalue weighted by Crippen LogP contribution is 2.33. The fraction of sp³-hybridized carbons (Fsp3) is 0.375. The predicted molar refractivity (Wildman–Crippen MR) is 80.0 cm³/mol. The monoisotopic (exact) mass is 271 g/mol. The zero-order valence-corrected chi connectivity index (χ0v) is 12.5. The molecule has 0 saturated carbocycles. The first kappa shape index (κ1) is 14.5. The minimum Gasteiger partial charge on any atom is -0.496 e. The molecule has 1 N–H and O–H groups in total. The third-order valence-electron chi connectivity index (χ3n) is 3.57. The minimum atomic E-state index is 0.0600. The number of aromatic nitrogens is 2. The van der Waals surface area contributed by atoms with E-state index in [4.69, 9.17) is 4.74 Å². The van der Waals surface area contributed by atoms with E-state index in [9.17, 15) is 0 Å². The second-order valence-electron chi connectivity index (χ2n) is 4.80. The van der Waals surface area contributed by atoms with Crippen LogP contribution in [-0.2, 0) is 0 Å². The molecule has 1 atom stereocenters. The van der Waals surface area contributed by atoms with E-state index in [2.05, 4.69) is 48.4 Å². The van der Waals surface area contributed by atoms with Gasteiger partial charge >= 0.3 is 0 Å². The summed E-state index contributed by atoms with van der Waals surface area (Å²) in [5.74, 6) is 0.938. The average Bonchev–Trinajstić information content (AvgIpc) is 2.48. The molecule has 0 aliphatic heterocycles. The summed E-state index contributed by atoms with van der Waals surface area (Å²) in [6, 6.07) is 6.29. The highest BCUT2D eigenvalue weighted by atomic mass is 16.5. The topological polar surface area (TPSA) is 47.0 Å². The van der Waals surface area contributed by atoms with Gasteiger partial charge in [0.2, 0.25) is 0 Å². The summed E-state index contributed by atoms with van der Waals surface area (Å²) in [5, 5.41) is 11.3. The van der Waals surface area contributed by atoms with Crippen molar-refractivity contribution in [3.63, 3.8) is 0 Å². The van der Waals surface area contributed by atoms with Crippen molar-refractivity contribution < 1.29 is 4.74 Å². The lowest BCUT2D eigenvalue weighted by molar-refractivity contribution is 0.400. The van der Waals surface area contributed by atoms with Crippen LogP contribution in [-0.4, -0.2) is 23.9 Å². The van der Waals surface area contributed by atoms with Crippen LogP contribution in [0.1, 0.15) is 35.2 Å². The Bertz CT molecular complexity index is 569. The lowest BCUT2D eigenvalue weighted by Crippen LogP contribution is -2.23. The van der Waals surface area contributed by atoms with Crippen molar-refractivity contribution in [2.45, 2.75) is 26.8 Å². The van der Waals surface area contributed by atoms with Crippen LogP contribution >= 0.6 is 0 Å². The highest BCUT2D eigenvalue weighted by Gasteiger charge is 2.19. The average molecular weight is 271 g/mol. The number of benzene rings is 1. The molecule has 2 rings (SSSR count). The van der Waals surface area contributed by atoms with Crippen molar-refractivity contribution in [1.29, 1.82) is 0 Å². The van der Waals surface area contributed by atoms with Crippen molar-refractivity contribution >= 4 is 0 Å². The molecular formula is C16H21N3O. The maximum Gasteiger partial charge on any atom is 0.127 e. The lowest BCUT2D eigenvalue weighted by atomic mass is 9.95. The Balaban J connectivity index is 2.53. The number of methoxy groups -OCH3 is 1. The van der Waals surface area contributed by atoms with Gasteiger partial charge in [-0.2, -0.15) is 10.2 Å². The van der Waals surface area contributed by atoms with Crippen LogP contribution in [0.4, 0.5) is 0 Å². The maximum atomic E-state index is 5.63. The molecule has 1 aromatic heterocycles. The summed E-state index contributed by atoms with van der Waals surface area (Å²) in [6.07, 6.45) is 3.51. The van der Waals surface area contributed by atoms with Gasteiger partial charge in [-0.25, -0.2) is 0 Å². The number of nitrogens with zero attached hydrogens (tertiary/aromatic N) is 2. The van der Waals surface area contributed by atoms with Crippen molar-refractivity contribution in [1.82, 2.24) is 15.5 Å². The fourth-order valence-electron chi connectivity index (χ4n) is 2.39. The molecule has 4 heteroatoms. The number of ether oxygens (including phenoxy) is 1. The van der Waals surface area contributed by atoms with Gasteiger partial charge in [0.1, 0.15) is 5.75 Å². The predicted octanol–water partition coefficient (Wildman–Crippen LogP) is 2.80. The largest absolute Gasteiger partial charge is 0.496 e. The Kier molecular flexibility index (Phi) is 4.69. The smallest absolute Gasteiger partial charge is 0.127 e. The highest BCUT2D eigenvalue weighted by molar-refractivity contribution is 5.49. The summed E-state index contributed by atoms with van der Waals surface area (Å²) in [4.78, 5) is 0. The molecule has 106 valence electrons. The molecule has 1 unspecified atom stereocenters. The van der Waals surface area contributed by atoms with Crippen molar-refractivity contribution in [2.24, 2.45) is 0 Å². The summed E-state index contributed by atoms with van der Waals surface area (Å²) < 4.78 is 5.63. The molecule has 0 aliphatic rings. The van der Waals surface area contributed by atoms with E-state index in [-0.39, 0.29) is 6.04 Å². The Morgan fingerprint density at radius 2 is 2.00 bits per heavy atom. The van der Waals surface area contributed by atoms with Gasteiger partial charge in [0, 0.05) is 11.8 Å². The second kappa shape index (κ2) is 6.48. The molecule has 0 amide bonds. The van der Waals surface area contributed by atoms with E-state index in [1.807, 2.05) is 6.07 Å². The van der Waals surface area contributed by atoms with Crippen LogP contribution in [0, 0.1) is 13.8 Å². The molecule has 1 aromatic carbocycles. The molecule has 0 saturated heterocycles. The Hall–Kier alpha value is -1.94. The van der Waals surface area contributed by atoms with Crippen LogP contribution in [0.25, 0.3) is 0 Å². The zero-order chi connectivity index (χ0) is 14.5. The molecule has 0 aliphatic carbocycles. The zero-order valence-electron chi connectivity index (χ0n) is 12.5. The van der Waals surface area contributed by atoms with E-state index in [0.717, 1.165) is 23.4 Å². The molecule has 0 spiro atoms. The third kappa shape index (κ3) is 2.80. The van der Waals surface area contributed by atoms with E-state index in [1.165, 1.54) is 11.1 Å². The number of nitrogens with one attached hydrogen (secondary N) is 1. The molecule has 2 aromatic rings. The summed E-state index contributed by atoms with van der Waals surface area (Å²) in [6.45, 7) is 7.14. The minimum absolute atomic E-state index is 0.0600. The van der Waals surface area contributed by atoms with E-state index < -0.39 is 0 Å². The van der Waals surface area contributed by atoms with Crippen molar-refractivity contribution in [3.05, 3.63) is 52.8 Å². The summed E-state index contributed by atoms with van der Waals surface area (Å²) >= 11 is 0. The van der Waals surface area contributed by atoms with E-state index >= 15 is 0 Å². The van der Waals surface area contributed by atoms with Gasteiger partial charge in [0.05, 0.1) is 19.3 Å². The van der Waals surface area contributed by atoms with Gasteiger partial charge in [0.25, 0.3) is 0 Å². The molecule has 4 nitrogen and oxygen atoms in total. The molecular weight excluding hydrogens is 250 g/mol. The van der Waals surface area contributed by atoms with E-state index in [0.29, 0.717) is 0 Å². The number of aryl methyl sites for hydroxylation is 1. The van der Waals surface area contributed by atoms with Crippen LogP contribution in [0.5, 0.6) is 5.75 Å². The number of hydrogen-bond acceptors (Lipinski definition) is 4. The second-order valence-corrected chi connectivity index (χ2v) is 4.80. The first-order valence-corrected chi connectivity index (χ1v) is 6.83. The molecule has 1 heterocycles. The standard InChI is InChI=1S/C16H21N3O/c1-5-17-15(13-8-9-18-19-10-13)14-7-6-11(2)12(3)16(14)20-4/h6-10,15,17H,5H2,1-4H3. The number of rotatable bonds is 5. The lowest BCUT2D eigenvalue weighted by Gasteiger charge is -2.22. The van der Waals surface area contributed by atoms with Crippen LogP contribution in [0.3, 0.4) is 0 Å². The van der Waals surface area contributed by atoms with Gasteiger partial charge in [0.15, 0.2) is 0 Å².